The third kappa shape index (κ3) is 5.00. The molecule has 0 radical (unpaired) electrons. The van der Waals surface area contributed by atoms with Crippen LogP contribution in [0.5, 0.6) is 5.75 Å². The van der Waals surface area contributed by atoms with Crippen LogP contribution in [0.1, 0.15) is 19.4 Å². The lowest BCUT2D eigenvalue weighted by atomic mass is 10.0. The molecule has 1 aliphatic rings. The number of amides is 2. The number of aryl methyl sites for hydroxylation is 1. The van der Waals surface area contributed by atoms with Crippen molar-refractivity contribution in [2.24, 2.45) is 0 Å². The van der Waals surface area contributed by atoms with Crippen LogP contribution in [0.2, 0.25) is 0 Å². The number of hydrogen-bond donors (Lipinski definition) is 1. The first-order valence-corrected chi connectivity index (χ1v) is 13.6. The zero-order valence-corrected chi connectivity index (χ0v) is 22.7. The molecule has 1 N–H and O–H groups in total. The smallest absolute Gasteiger partial charge is 0.275 e. The fraction of sp³-hybridized carbons (Fsp3) is 0.259. The average Bonchev–Trinajstić information content (AvgIpc) is 3.59. The predicted molar refractivity (Wildman–Crippen MR) is 149 cm³/mol. The first kappa shape index (κ1) is 25.1. The number of imide groups is 1. The Morgan fingerprint density at radius 2 is 1.89 bits per heavy atom. The Labute approximate surface area is 223 Å². The van der Waals surface area contributed by atoms with Gasteiger partial charge in [0.2, 0.25) is 0 Å². The van der Waals surface area contributed by atoms with Gasteiger partial charge in [-0.25, -0.2) is 9.97 Å². The standard InChI is InChI=1S/C27H27N5O3S2/c1-5-19-22-25(30-32-21(33)15-16(2)27(32)34)28-24(20-7-6-14-36-20)29-26(22)37-23(19)17-8-10-18(11-9-17)35-13-12-31(3)4/h6-11,14-15H,5,12-13H2,1-4H3,(H,28,29,30). The highest BCUT2D eigenvalue weighted by Gasteiger charge is 2.30. The van der Waals surface area contributed by atoms with Crippen LogP contribution in [0.25, 0.3) is 31.4 Å². The lowest BCUT2D eigenvalue weighted by Gasteiger charge is -2.18. The monoisotopic (exact) mass is 533 g/mol. The van der Waals surface area contributed by atoms with Gasteiger partial charge in [-0.05, 0) is 74.3 Å². The molecule has 2 amide bonds. The number of likely N-dealkylation sites (N-methyl/N-ethyl adjacent to an activating group) is 1. The van der Waals surface area contributed by atoms with Gasteiger partial charge in [-0.1, -0.05) is 13.0 Å². The lowest BCUT2D eigenvalue weighted by Crippen LogP contribution is -2.36. The highest BCUT2D eigenvalue weighted by atomic mass is 32.1. The SMILES string of the molecule is CCc1c(-c2ccc(OCCN(C)C)cc2)sc2nc(-c3cccs3)nc(NN3C(=O)C=C(C)C3=O)c12. The minimum absolute atomic E-state index is 0.382. The Hall–Kier alpha value is -3.60. The Bertz CT molecular complexity index is 1490. The number of ether oxygens (including phenoxy) is 1. The molecule has 190 valence electrons. The van der Waals surface area contributed by atoms with Crippen LogP contribution in [0, 0.1) is 0 Å². The number of anilines is 1. The first-order valence-electron chi connectivity index (χ1n) is 11.9. The molecule has 10 heteroatoms. The van der Waals surface area contributed by atoms with Crippen LogP contribution in [-0.4, -0.2) is 58.9 Å². The summed E-state index contributed by atoms with van der Waals surface area (Å²) in [4.78, 5) is 39.6. The fourth-order valence-electron chi connectivity index (χ4n) is 4.07. The van der Waals surface area contributed by atoms with Gasteiger partial charge in [0.15, 0.2) is 11.6 Å². The summed E-state index contributed by atoms with van der Waals surface area (Å²) in [5.41, 5.74) is 5.51. The average molecular weight is 534 g/mol. The number of hydrazine groups is 1. The second-order valence-corrected chi connectivity index (χ2v) is 10.9. The molecule has 0 aliphatic carbocycles. The molecule has 0 atom stereocenters. The van der Waals surface area contributed by atoms with E-state index in [0.717, 1.165) is 54.8 Å². The molecule has 0 unspecified atom stereocenters. The van der Waals surface area contributed by atoms with Crippen molar-refractivity contribution in [2.45, 2.75) is 20.3 Å². The summed E-state index contributed by atoms with van der Waals surface area (Å²) in [5, 5.41) is 3.81. The van der Waals surface area contributed by atoms with Crippen LogP contribution < -0.4 is 10.2 Å². The van der Waals surface area contributed by atoms with E-state index in [1.165, 1.54) is 17.4 Å². The summed E-state index contributed by atoms with van der Waals surface area (Å²) in [7, 11) is 4.03. The summed E-state index contributed by atoms with van der Waals surface area (Å²) < 4.78 is 5.86. The predicted octanol–water partition coefficient (Wildman–Crippen LogP) is 5.23. The van der Waals surface area contributed by atoms with Gasteiger partial charge in [0.1, 0.15) is 17.2 Å². The lowest BCUT2D eigenvalue weighted by molar-refractivity contribution is -0.135. The molecule has 1 aliphatic heterocycles. The number of thiophene rings is 2. The van der Waals surface area contributed by atoms with Gasteiger partial charge < -0.3 is 9.64 Å². The summed E-state index contributed by atoms with van der Waals surface area (Å²) in [6, 6.07) is 12.0. The van der Waals surface area contributed by atoms with E-state index in [-0.39, 0.29) is 5.91 Å². The van der Waals surface area contributed by atoms with Gasteiger partial charge in [-0.15, -0.1) is 22.7 Å². The Morgan fingerprint density at radius 3 is 2.51 bits per heavy atom. The first-order chi connectivity index (χ1) is 17.9. The number of carbonyl (C=O) groups is 2. The molecule has 0 bridgehead atoms. The maximum atomic E-state index is 12.6. The molecule has 37 heavy (non-hydrogen) atoms. The molecule has 4 aromatic rings. The molecule has 4 heterocycles. The Kier molecular flexibility index (Phi) is 7.05. The third-order valence-electron chi connectivity index (χ3n) is 5.99. The number of rotatable bonds is 9. The highest BCUT2D eigenvalue weighted by Crippen LogP contribution is 2.42. The molecule has 0 spiro atoms. The van der Waals surface area contributed by atoms with Gasteiger partial charge in [-0.2, -0.15) is 5.01 Å². The van der Waals surface area contributed by atoms with Crippen LogP contribution >= 0.6 is 22.7 Å². The minimum atomic E-state index is -0.412. The second-order valence-electron chi connectivity index (χ2n) is 8.91. The molecule has 5 rings (SSSR count). The highest BCUT2D eigenvalue weighted by molar-refractivity contribution is 7.22. The number of nitrogens with one attached hydrogen (secondary N) is 1. The number of aromatic nitrogens is 2. The largest absolute Gasteiger partial charge is 0.492 e. The topological polar surface area (TPSA) is 87.7 Å². The van der Waals surface area contributed by atoms with Crippen molar-refractivity contribution in [3.05, 3.63) is 59.0 Å². The minimum Gasteiger partial charge on any atom is -0.492 e. The van der Waals surface area contributed by atoms with E-state index in [4.69, 9.17) is 14.7 Å². The molecule has 3 aromatic heterocycles. The number of hydrogen-bond acceptors (Lipinski definition) is 9. The van der Waals surface area contributed by atoms with Crippen LogP contribution in [0.15, 0.2) is 53.4 Å². The summed E-state index contributed by atoms with van der Waals surface area (Å²) >= 11 is 3.12. The van der Waals surface area contributed by atoms with Crippen molar-refractivity contribution in [2.75, 3.05) is 32.7 Å². The normalized spacial score (nSPS) is 13.6. The fourth-order valence-corrected chi connectivity index (χ4v) is 6.00. The zero-order chi connectivity index (χ0) is 26.1. The molecule has 1 aromatic carbocycles. The zero-order valence-electron chi connectivity index (χ0n) is 21.1. The molecule has 0 fully saturated rings. The van der Waals surface area contributed by atoms with E-state index in [2.05, 4.69) is 29.4 Å². The number of fused-ring (bicyclic) bond motifs is 1. The van der Waals surface area contributed by atoms with Crippen molar-refractivity contribution in [3.8, 4) is 26.9 Å². The summed E-state index contributed by atoms with van der Waals surface area (Å²) in [5.74, 6) is 1.02. The van der Waals surface area contributed by atoms with Gasteiger partial charge >= 0.3 is 0 Å². The quantitative estimate of drug-likeness (QED) is 0.295. The third-order valence-corrected chi connectivity index (χ3v) is 8.03. The number of carbonyl (C=O) groups excluding carboxylic acids is 2. The van der Waals surface area contributed by atoms with Crippen LogP contribution in [-0.2, 0) is 16.0 Å². The van der Waals surface area contributed by atoms with E-state index >= 15 is 0 Å². The maximum absolute atomic E-state index is 12.6. The van der Waals surface area contributed by atoms with Gasteiger partial charge in [0.25, 0.3) is 11.8 Å². The molecular weight excluding hydrogens is 506 g/mol. The van der Waals surface area contributed by atoms with Crippen molar-refractivity contribution in [1.82, 2.24) is 19.9 Å². The van der Waals surface area contributed by atoms with Crippen LogP contribution in [0.4, 0.5) is 5.82 Å². The van der Waals surface area contributed by atoms with Gasteiger partial charge in [-0.3, -0.25) is 15.0 Å². The van der Waals surface area contributed by atoms with E-state index in [1.807, 2.05) is 43.7 Å². The molecular formula is C27H27N5O3S2. The Morgan fingerprint density at radius 1 is 1.11 bits per heavy atom. The van der Waals surface area contributed by atoms with Crippen molar-refractivity contribution in [1.29, 1.82) is 0 Å². The maximum Gasteiger partial charge on any atom is 0.275 e. The van der Waals surface area contributed by atoms with Gasteiger partial charge in [0.05, 0.1) is 10.3 Å². The number of benzene rings is 1. The summed E-state index contributed by atoms with van der Waals surface area (Å²) in [6.07, 6.45) is 2.06. The second kappa shape index (κ2) is 10.4. The van der Waals surface area contributed by atoms with E-state index < -0.39 is 5.91 Å². The summed E-state index contributed by atoms with van der Waals surface area (Å²) in [6.45, 7) is 5.17. The number of nitrogens with zero attached hydrogens (tertiary/aromatic N) is 4. The molecule has 0 saturated heterocycles. The van der Waals surface area contributed by atoms with Crippen molar-refractivity contribution < 1.29 is 14.3 Å². The van der Waals surface area contributed by atoms with E-state index in [0.29, 0.717) is 23.8 Å². The van der Waals surface area contributed by atoms with Crippen LogP contribution in [0.3, 0.4) is 0 Å². The van der Waals surface area contributed by atoms with Gasteiger partial charge in [0, 0.05) is 23.1 Å². The van der Waals surface area contributed by atoms with E-state index in [9.17, 15) is 9.59 Å². The molecule has 0 saturated carbocycles. The van der Waals surface area contributed by atoms with Crippen molar-refractivity contribution in [3.63, 3.8) is 0 Å². The van der Waals surface area contributed by atoms with Crippen molar-refractivity contribution >= 4 is 50.5 Å². The molecule has 8 nitrogen and oxygen atoms in total. The Balaban J connectivity index is 1.57. The van der Waals surface area contributed by atoms with E-state index in [1.54, 1.807) is 18.3 Å².